The molecule has 1 fully saturated rings. The van der Waals surface area contributed by atoms with E-state index in [1.807, 2.05) is 17.0 Å². The zero-order chi connectivity index (χ0) is 17.7. The molecule has 3 aromatic heterocycles. The van der Waals surface area contributed by atoms with E-state index in [4.69, 9.17) is 0 Å². The third-order valence-corrected chi connectivity index (χ3v) is 5.31. The number of rotatable bonds is 3. The molecule has 0 unspecified atom stereocenters. The summed E-state index contributed by atoms with van der Waals surface area (Å²) in [6, 6.07) is 5.24. The van der Waals surface area contributed by atoms with E-state index in [2.05, 4.69) is 19.4 Å². The Morgan fingerprint density at radius 3 is 2.78 bits per heavy atom. The van der Waals surface area contributed by atoms with Gasteiger partial charge in [0.15, 0.2) is 11.6 Å². The number of hydrogen-bond acceptors (Lipinski definition) is 7. The summed E-state index contributed by atoms with van der Waals surface area (Å²) in [5.41, 5.74) is 0.726. The fourth-order valence-corrected chi connectivity index (χ4v) is 3.79. The molecule has 0 N–H and O–H groups in total. The number of fused-ring (bicyclic) bond motifs is 1. The first kappa shape index (κ1) is 17.8. The van der Waals surface area contributed by atoms with Crippen LogP contribution >= 0.6 is 23.9 Å². The molecule has 8 nitrogen and oxygen atoms in total. The highest BCUT2D eigenvalue weighted by atomic mass is 35.5. The van der Waals surface area contributed by atoms with Gasteiger partial charge in [-0.25, -0.2) is 19.2 Å². The lowest BCUT2D eigenvalue weighted by molar-refractivity contribution is 0.248. The lowest BCUT2D eigenvalue weighted by atomic mass is 10.2. The van der Waals surface area contributed by atoms with Crippen molar-refractivity contribution in [1.29, 1.82) is 0 Å². The van der Waals surface area contributed by atoms with Crippen LogP contribution in [0, 0.1) is 0 Å². The maximum absolute atomic E-state index is 13.3. The van der Waals surface area contributed by atoms with Gasteiger partial charge in [0.05, 0.1) is 13.1 Å². The van der Waals surface area contributed by atoms with E-state index in [1.165, 1.54) is 16.2 Å². The standard InChI is InChI=1S/C16H14FN7OS.ClH/c17-11-4-6-22(8-11)12-2-1-10(7-18-12)15-20-13-9-23(14-3-5-19-26-14)16(25)24(13)21-15;/h1-3,5,7,11H,4,6,8-9H2;1H/t11-;/m0./s1. The van der Waals surface area contributed by atoms with Crippen LogP contribution in [0.5, 0.6) is 0 Å². The van der Waals surface area contributed by atoms with Crippen LogP contribution in [0.1, 0.15) is 12.2 Å². The summed E-state index contributed by atoms with van der Waals surface area (Å²) >= 11 is 1.26. The van der Waals surface area contributed by atoms with Gasteiger partial charge in [-0.1, -0.05) is 0 Å². The second-order valence-corrected chi connectivity index (χ2v) is 7.03. The van der Waals surface area contributed by atoms with Crippen molar-refractivity contribution in [2.45, 2.75) is 19.1 Å². The molecular weight excluding hydrogens is 393 g/mol. The summed E-state index contributed by atoms with van der Waals surface area (Å²) in [5.74, 6) is 1.79. The van der Waals surface area contributed by atoms with E-state index >= 15 is 0 Å². The minimum absolute atomic E-state index is 0. The van der Waals surface area contributed by atoms with Crippen LogP contribution in [0.2, 0.25) is 0 Å². The molecule has 1 saturated heterocycles. The maximum atomic E-state index is 13.3. The normalized spacial score (nSPS) is 18.7. The molecule has 3 aromatic rings. The Kier molecular flexibility index (Phi) is 4.52. The van der Waals surface area contributed by atoms with Crippen LogP contribution in [0.3, 0.4) is 0 Å². The fraction of sp³-hybridized carbons (Fsp3) is 0.312. The van der Waals surface area contributed by atoms with E-state index in [-0.39, 0.29) is 18.4 Å². The van der Waals surface area contributed by atoms with Crippen LogP contribution in [-0.2, 0) is 6.54 Å². The summed E-state index contributed by atoms with van der Waals surface area (Å²) < 4.78 is 18.7. The Balaban J connectivity index is 0.00000180. The van der Waals surface area contributed by atoms with Crippen LogP contribution in [0.15, 0.2) is 30.6 Å². The highest BCUT2D eigenvalue weighted by Gasteiger charge is 2.32. The van der Waals surface area contributed by atoms with Crippen molar-refractivity contribution in [1.82, 2.24) is 24.1 Å². The first-order chi connectivity index (χ1) is 12.7. The average Bonchev–Trinajstić information content (AvgIpc) is 3.41. The van der Waals surface area contributed by atoms with Gasteiger partial charge in [-0.05, 0) is 36.2 Å². The largest absolute Gasteiger partial charge is 0.354 e. The van der Waals surface area contributed by atoms with Gasteiger partial charge in [-0.3, -0.25) is 4.90 Å². The van der Waals surface area contributed by atoms with E-state index in [9.17, 15) is 9.18 Å². The van der Waals surface area contributed by atoms with Gasteiger partial charge in [-0.15, -0.1) is 17.5 Å². The molecule has 140 valence electrons. The third-order valence-electron chi connectivity index (χ3n) is 4.54. The van der Waals surface area contributed by atoms with Crippen molar-refractivity contribution < 1.29 is 9.18 Å². The molecule has 1 atom stereocenters. The van der Waals surface area contributed by atoms with E-state index in [1.54, 1.807) is 23.4 Å². The Bertz CT molecular complexity index is 962. The van der Waals surface area contributed by atoms with Gasteiger partial charge in [0, 0.05) is 24.5 Å². The highest BCUT2D eigenvalue weighted by molar-refractivity contribution is 7.10. The lowest BCUT2D eigenvalue weighted by Crippen LogP contribution is -2.25. The zero-order valence-electron chi connectivity index (χ0n) is 14.0. The molecular formula is C16H15ClFN7OS. The van der Waals surface area contributed by atoms with E-state index in [0.29, 0.717) is 37.7 Å². The number of alkyl halides is 1. The smallest absolute Gasteiger partial charge is 0.352 e. The number of halogens is 2. The number of hydrogen-bond donors (Lipinski definition) is 0. The number of carbonyl (C=O) groups is 1. The molecule has 0 aliphatic carbocycles. The minimum atomic E-state index is -0.790. The predicted molar refractivity (Wildman–Crippen MR) is 101 cm³/mol. The van der Waals surface area contributed by atoms with Crippen LogP contribution in [0.4, 0.5) is 20.0 Å². The van der Waals surface area contributed by atoms with E-state index in [0.717, 1.165) is 16.4 Å². The minimum Gasteiger partial charge on any atom is -0.354 e. The first-order valence-electron chi connectivity index (χ1n) is 8.23. The second kappa shape index (κ2) is 6.86. The molecule has 0 spiro atoms. The Morgan fingerprint density at radius 2 is 2.15 bits per heavy atom. The van der Waals surface area contributed by atoms with Gasteiger partial charge in [0.1, 0.15) is 17.0 Å². The molecule has 11 heteroatoms. The SMILES string of the molecule is Cl.O=C1N(c2ccns2)Cc2nc(-c3ccc(N4CC[C@H](F)C4)nc3)nn21. The topological polar surface area (TPSA) is 80.0 Å². The molecule has 0 aromatic carbocycles. The Morgan fingerprint density at radius 1 is 1.26 bits per heavy atom. The van der Waals surface area contributed by atoms with Crippen LogP contribution in [0.25, 0.3) is 11.4 Å². The highest BCUT2D eigenvalue weighted by Crippen LogP contribution is 2.28. The quantitative estimate of drug-likeness (QED) is 0.664. The molecule has 0 radical (unpaired) electrons. The van der Waals surface area contributed by atoms with Crippen molar-refractivity contribution in [3.05, 3.63) is 36.4 Å². The second-order valence-electron chi connectivity index (χ2n) is 6.22. The predicted octanol–water partition coefficient (Wildman–Crippen LogP) is 2.75. The molecule has 2 aliphatic rings. The van der Waals surface area contributed by atoms with Crippen molar-refractivity contribution >= 4 is 40.8 Å². The van der Waals surface area contributed by atoms with Crippen molar-refractivity contribution in [3.63, 3.8) is 0 Å². The van der Waals surface area contributed by atoms with Gasteiger partial charge in [-0.2, -0.15) is 9.06 Å². The fourth-order valence-electron chi connectivity index (χ4n) is 3.20. The monoisotopic (exact) mass is 407 g/mol. The molecule has 1 amide bonds. The van der Waals surface area contributed by atoms with Gasteiger partial charge in [0.2, 0.25) is 0 Å². The zero-order valence-corrected chi connectivity index (χ0v) is 15.7. The molecule has 5 rings (SSSR count). The molecule has 2 aliphatic heterocycles. The number of nitrogens with zero attached hydrogens (tertiary/aromatic N) is 7. The number of pyridine rings is 1. The van der Waals surface area contributed by atoms with Gasteiger partial charge < -0.3 is 4.90 Å². The summed E-state index contributed by atoms with van der Waals surface area (Å²) in [6.45, 7) is 1.42. The van der Waals surface area contributed by atoms with Crippen molar-refractivity contribution in [3.8, 4) is 11.4 Å². The Hall–Kier alpha value is -2.59. The average molecular weight is 408 g/mol. The van der Waals surface area contributed by atoms with Gasteiger partial charge >= 0.3 is 6.03 Å². The lowest BCUT2D eigenvalue weighted by Gasteiger charge is -2.15. The van der Waals surface area contributed by atoms with E-state index < -0.39 is 6.17 Å². The molecule has 0 bridgehead atoms. The summed E-state index contributed by atoms with van der Waals surface area (Å²) in [6.07, 6.45) is 3.07. The van der Waals surface area contributed by atoms with Crippen molar-refractivity contribution in [2.75, 3.05) is 22.9 Å². The van der Waals surface area contributed by atoms with Crippen LogP contribution < -0.4 is 9.80 Å². The number of aromatic nitrogens is 5. The number of amides is 1. The maximum Gasteiger partial charge on any atom is 0.352 e. The van der Waals surface area contributed by atoms with Gasteiger partial charge in [0.25, 0.3) is 0 Å². The summed E-state index contributed by atoms with van der Waals surface area (Å²) in [7, 11) is 0. The summed E-state index contributed by atoms with van der Waals surface area (Å²) in [5, 5.41) is 5.10. The van der Waals surface area contributed by atoms with Crippen LogP contribution in [-0.4, -0.2) is 49.4 Å². The summed E-state index contributed by atoms with van der Waals surface area (Å²) in [4.78, 5) is 24.9. The molecule has 0 saturated carbocycles. The number of carbonyl (C=O) groups excluding carboxylic acids is 1. The molecule has 27 heavy (non-hydrogen) atoms. The number of anilines is 2. The van der Waals surface area contributed by atoms with Crippen molar-refractivity contribution in [2.24, 2.45) is 0 Å². The Labute approximate surface area is 164 Å². The third kappa shape index (κ3) is 3.04. The molecule has 5 heterocycles. The first-order valence-corrected chi connectivity index (χ1v) is 9.00.